The van der Waals surface area contributed by atoms with Crippen LogP contribution in [0.3, 0.4) is 0 Å². The summed E-state index contributed by atoms with van der Waals surface area (Å²) < 4.78 is 11.0. The number of anilines is 1. The van der Waals surface area contributed by atoms with Gasteiger partial charge in [0.25, 0.3) is 5.91 Å². The smallest absolute Gasteiger partial charge is 0.308 e. The Morgan fingerprint density at radius 2 is 1.78 bits per heavy atom. The van der Waals surface area contributed by atoms with E-state index in [1.807, 2.05) is 18.2 Å². The Balaban J connectivity index is 1.61. The summed E-state index contributed by atoms with van der Waals surface area (Å²) in [5, 5.41) is 2.98. The lowest BCUT2D eigenvalue weighted by Crippen LogP contribution is -2.17. The Morgan fingerprint density at radius 1 is 1.00 bits per heavy atom. The molecule has 0 fully saturated rings. The van der Waals surface area contributed by atoms with Gasteiger partial charge in [0, 0.05) is 30.3 Å². The third-order valence-corrected chi connectivity index (χ3v) is 5.39. The lowest BCUT2D eigenvalue weighted by Gasteiger charge is -2.11. The molecule has 1 N–H and O–H groups in total. The number of benzene rings is 2. The second kappa shape index (κ2) is 8.94. The van der Waals surface area contributed by atoms with Crippen molar-refractivity contribution in [1.29, 1.82) is 0 Å². The number of aromatic nitrogens is 2. The molecule has 0 aliphatic heterocycles. The number of hydrogen-bond acceptors (Lipinski definition) is 8. The van der Waals surface area contributed by atoms with Gasteiger partial charge in [0.15, 0.2) is 22.4 Å². The molecule has 0 aliphatic carbocycles. The highest BCUT2D eigenvalue weighted by molar-refractivity contribution is 7.22. The van der Waals surface area contributed by atoms with Gasteiger partial charge in [0.1, 0.15) is 0 Å². The molecule has 0 bridgehead atoms. The van der Waals surface area contributed by atoms with Gasteiger partial charge >= 0.3 is 5.97 Å². The Kier molecular flexibility index (Phi) is 5.91. The molecular formula is C23H17N3O5S. The summed E-state index contributed by atoms with van der Waals surface area (Å²) in [6.07, 6.45) is 1.38. The first-order chi connectivity index (χ1) is 15.5. The minimum absolute atomic E-state index is 0.0724. The highest BCUT2D eigenvalue weighted by Gasteiger charge is 2.22. The molecular weight excluding hydrogens is 430 g/mol. The number of hydrogen-bond donors (Lipinski definition) is 1. The van der Waals surface area contributed by atoms with Crippen LogP contribution in [0.5, 0.6) is 11.5 Å². The van der Waals surface area contributed by atoms with Crippen molar-refractivity contribution in [2.24, 2.45) is 0 Å². The Labute approximate surface area is 186 Å². The van der Waals surface area contributed by atoms with E-state index in [2.05, 4.69) is 15.3 Å². The van der Waals surface area contributed by atoms with Crippen molar-refractivity contribution in [1.82, 2.24) is 9.97 Å². The second-order valence-electron chi connectivity index (χ2n) is 6.64. The Morgan fingerprint density at radius 3 is 2.50 bits per heavy atom. The molecule has 32 heavy (non-hydrogen) atoms. The zero-order chi connectivity index (χ0) is 22.7. The van der Waals surface area contributed by atoms with Crippen LogP contribution in [0.4, 0.5) is 5.13 Å². The molecule has 4 rings (SSSR count). The molecule has 0 spiro atoms. The molecule has 2 aromatic carbocycles. The van der Waals surface area contributed by atoms with Crippen molar-refractivity contribution < 1.29 is 23.9 Å². The third kappa shape index (κ3) is 4.33. The minimum Gasteiger partial charge on any atom is -0.493 e. The number of nitrogens with one attached hydrogen (secondary N) is 1. The summed E-state index contributed by atoms with van der Waals surface area (Å²) in [5.41, 5.74) is 1.64. The minimum atomic E-state index is -0.611. The number of fused-ring (bicyclic) bond motifs is 1. The number of carbonyl (C=O) groups is 3. The van der Waals surface area contributed by atoms with E-state index in [0.717, 1.165) is 4.70 Å². The average molecular weight is 447 g/mol. The summed E-state index contributed by atoms with van der Waals surface area (Å²) in [6, 6.07) is 15.6. The molecule has 0 atom stereocenters. The van der Waals surface area contributed by atoms with E-state index in [9.17, 15) is 14.4 Å². The van der Waals surface area contributed by atoms with E-state index in [1.165, 1.54) is 37.6 Å². The van der Waals surface area contributed by atoms with E-state index in [-0.39, 0.29) is 23.0 Å². The molecule has 0 radical (unpaired) electrons. The maximum Gasteiger partial charge on any atom is 0.308 e. The lowest BCUT2D eigenvalue weighted by atomic mass is 10.0. The highest BCUT2D eigenvalue weighted by atomic mass is 32.1. The standard InChI is InChI=1S/C23H17N3O5S/c1-13(27)31-21-17(30-2)10-11-24-19(21)22(29)26-23-25-16-9-8-15(12-18(16)32-23)20(28)14-6-4-3-5-7-14/h3-12H,1-2H3,(H,25,26,29). The summed E-state index contributed by atoms with van der Waals surface area (Å²) >= 11 is 1.21. The van der Waals surface area contributed by atoms with Gasteiger partial charge in [-0.3, -0.25) is 19.7 Å². The summed E-state index contributed by atoms with van der Waals surface area (Å²) in [7, 11) is 1.39. The van der Waals surface area contributed by atoms with Crippen LogP contribution >= 0.6 is 11.3 Å². The van der Waals surface area contributed by atoms with Crippen molar-refractivity contribution in [3.8, 4) is 11.5 Å². The van der Waals surface area contributed by atoms with E-state index in [4.69, 9.17) is 9.47 Å². The fourth-order valence-corrected chi connectivity index (χ4v) is 3.93. The molecule has 0 aliphatic rings. The number of rotatable bonds is 6. The molecule has 1 amide bonds. The molecule has 9 heteroatoms. The number of amides is 1. The monoisotopic (exact) mass is 447 g/mol. The molecule has 2 aromatic heterocycles. The topological polar surface area (TPSA) is 107 Å². The number of ketones is 1. The normalized spacial score (nSPS) is 10.6. The SMILES string of the molecule is COc1ccnc(C(=O)Nc2nc3ccc(C(=O)c4ccccc4)cc3s2)c1OC(C)=O. The van der Waals surface area contributed by atoms with Crippen LogP contribution in [0.2, 0.25) is 0 Å². The predicted octanol–water partition coefficient (Wildman–Crippen LogP) is 4.11. The first-order valence-corrected chi connectivity index (χ1v) is 10.3. The fraction of sp³-hybridized carbons (Fsp3) is 0.0870. The zero-order valence-corrected chi connectivity index (χ0v) is 17.9. The van der Waals surface area contributed by atoms with Crippen LogP contribution in [0, 0.1) is 0 Å². The van der Waals surface area contributed by atoms with Gasteiger partial charge in [-0.05, 0) is 18.2 Å². The van der Waals surface area contributed by atoms with Crippen molar-refractivity contribution in [2.45, 2.75) is 6.92 Å². The van der Waals surface area contributed by atoms with Crippen LogP contribution in [-0.4, -0.2) is 34.7 Å². The van der Waals surface area contributed by atoms with Gasteiger partial charge in [0.05, 0.1) is 17.3 Å². The molecule has 0 saturated heterocycles. The molecule has 8 nitrogen and oxygen atoms in total. The first kappa shape index (κ1) is 21.1. The molecule has 0 saturated carbocycles. The highest BCUT2D eigenvalue weighted by Crippen LogP contribution is 2.32. The van der Waals surface area contributed by atoms with E-state index < -0.39 is 11.9 Å². The number of thiazole rings is 1. The van der Waals surface area contributed by atoms with Gasteiger partial charge in [-0.2, -0.15) is 0 Å². The van der Waals surface area contributed by atoms with E-state index in [1.54, 1.807) is 30.3 Å². The molecule has 2 heterocycles. The molecule has 4 aromatic rings. The van der Waals surface area contributed by atoms with Crippen molar-refractivity contribution in [3.05, 3.63) is 77.6 Å². The van der Waals surface area contributed by atoms with E-state index in [0.29, 0.717) is 21.8 Å². The fourth-order valence-electron chi connectivity index (χ4n) is 3.03. The van der Waals surface area contributed by atoms with Gasteiger partial charge < -0.3 is 9.47 Å². The maximum absolute atomic E-state index is 12.8. The number of methoxy groups -OCH3 is 1. The Hall–Kier alpha value is -4.11. The van der Waals surface area contributed by atoms with Crippen LogP contribution in [-0.2, 0) is 4.79 Å². The molecule has 160 valence electrons. The second-order valence-corrected chi connectivity index (χ2v) is 7.67. The van der Waals surface area contributed by atoms with Gasteiger partial charge in [-0.15, -0.1) is 0 Å². The van der Waals surface area contributed by atoms with Crippen LogP contribution < -0.4 is 14.8 Å². The number of carbonyl (C=O) groups excluding carboxylic acids is 3. The molecule has 0 unspecified atom stereocenters. The average Bonchev–Trinajstić information content (AvgIpc) is 3.20. The predicted molar refractivity (Wildman–Crippen MR) is 120 cm³/mol. The van der Waals surface area contributed by atoms with Crippen molar-refractivity contribution in [3.63, 3.8) is 0 Å². The number of pyridine rings is 1. The summed E-state index contributed by atoms with van der Waals surface area (Å²) in [6.45, 7) is 1.22. The van der Waals surface area contributed by atoms with Gasteiger partial charge in [-0.25, -0.2) is 9.97 Å². The zero-order valence-electron chi connectivity index (χ0n) is 17.1. The number of nitrogens with zero attached hydrogens (tertiary/aromatic N) is 2. The summed E-state index contributed by atoms with van der Waals surface area (Å²) in [4.78, 5) is 45.4. The number of esters is 1. The third-order valence-electron chi connectivity index (χ3n) is 4.46. The van der Waals surface area contributed by atoms with Gasteiger partial charge in [0.2, 0.25) is 5.75 Å². The van der Waals surface area contributed by atoms with Crippen molar-refractivity contribution >= 4 is 44.3 Å². The van der Waals surface area contributed by atoms with Gasteiger partial charge in [-0.1, -0.05) is 41.7 Å². The Bertz CT molecular complexity index is 1330. The quantitative estimate of drug-likeness (QED) is 0.350. The van der Waals surface area contributed by atoms with Crippen LogP contribution in [0.25, 0.3) is 10.2 Å². The largest absolute Gasteiger partial charge is 0.493 e. The maximum atomic E-state index is 12.8. The van der Waals surface area contributed by atoms with Crippen LogP contribution in [0.1, 0.15) is 33.3 Å². The van der Waals surface area contributed by atoms with E-state index >= 15 is 0 Å². The van der Waals surface area contributed by atoms with Crippen molar-refractivity contribution in [2.75, 3.05) is 12.4 Å². The summed E-state index contributed by atoms with van der Waals surface area (Å²) in [5.74, 6) is -1.19. The van der Waals surface area contributed by atoms with Crippen LogP contribution in [0.15, 0.2) is 60.8 Å². The number of ether oxygens (including phenoxy) is 2. The lowest BCUT2D eigenvalue weighted by molar-refractivity contribution is -0.132. The first-order valence-electron chi connectivity index (χ1n) is 9.49.